The summed E-state index contributed by atoms with van der Waals surface area (Å²) in [7, 11) is 0. The van der Waals surface area contributed by atoms with Crippen LogP contribution in [0.3, 0.4) is 0 Å². The van der Waals surface area contributed by atoms with Gasteiger partial charge in [-0.25, -0.2) is 4.98 Å². The summed E-state index contributed by atoms with van der Waals surface area (Å²) in [5.41, 5.74) is 3.23. The van der Waals surface area contributed by atoms with E-state index in [0.717, 1.165) is 22.3 Å². The maximum atomic E-state index is 10.8. The summed E-state index contributed by atoms with van der Waals surface area (Å²) in [6.07, 6.45) is 3.37. The standard InChI is InChI=1S/C24H16ClN7OS/c25-16-5-7-17(8-6-16)32-23(15-9-11-27-12-10-15)30-31-24(32)34-14-21(33)18(13-26)22-28-19-3-1-2-4-20(19)29-22/h1-12,33H,14H2,(H,28,29)/b21-18-. The first-order valence-electron chi connectivity index (χ1n) is 10.2. The third-order valence-corrected chi connectivity index (χ3v) is 6.21. The van der Waals surface area contributed by atoms with E-state index in [2.05, 4.69) is 31.2 Å². The molecule has 34 heavy (non-hydrogen) atoms. The number of rotatable bonds is 6. The molecule has 0 unspecified atom stereocenters. The van der Waals surface area contributed by atoms with Crippen LogP contribution in [0.15, 0.2) is 84.0 Å². The second-order valence-corrected chi connectivity index (χ2v) is 8.56. The lowest BCUT2D eigenvalue weighted by Gasteiger charge is -2.10. The summed E-state index contributed by atoms with van der Waals surface area (Å²) in [5.74, 6) is 0.928. The van der Waals surface area contributed by atoms with Crippen molar-refractivity contribution in [1.29, 1.82) is 5.26 Å². The van der Waals surface area contributed by atoms with Gasteiger partial charge in [0.15, 0.2) is 16.8 Å². The molecule has 8 nitrogen and oxygen atoms in total. The third kappa shape index (κ3) is 4.24. The fourth-order valence-corrected chi connectivity index (χ4v) is 4.36. The predicted octanol–water partition coefficient (Wildman–Crippen LogP) is 5.44. The van der Waals surface area contributed by atoms with Crippen LogP contribution in [0.1, 0.15) is 5.82 Å². The number of hydrogen-bond acceptors (Lipinski definition) is 7. The molecule has 5 aromatic rings. The number of aromatic amines is 1. The number of allylic oxidation sites excluding steroid dienone is 1. The second-order valence-electron chi connectivity index (χ2n) is 7.18. The van der Waals surface area contributed by atoms with Crippen molar-refractivity contribution < 1.29 is 5.11 Å². The molecule has 0 saturated heterocycles. The maximum Gasteiger partial charge on any atom is 0.196 e. The number of hydrogen-bond donors (Lipinski definition) is 2. The molecule has 3 aromatic heterocycles. The van der Waals surface area contributed by atoms with Crippen molar-refractivity contribution in [3.63, 3.8) is 0 Å². The highest BCUT2D eigenvalue weighted by molar-refractivity contribution is 7.99. The normalized spacial score (nSPS) is 11.9. The number of imidazole rings is 1. The molecule has 10 heteroatoms. The molecule has 166 valence electrons. The Bertz CT molecular complexity index is 1500. The summed E-state index contributed by atoms with van der Waals surface area (Å²) in [6, 6.07) is 20.5. The third-order valence-electron chi connectivity index (χ3n) is 5.02. The van der Waals surface area contributed by atoms with Gasteiger partial charge in [0.1, 0.15) is 17.4 Å². The van der Waals surface area contributed by atoms with Crippen LogP contribution >= 0.6 is 23.4 Å². The number of halogens is 1. The first-order valence-corrected chi connectivity index (χ1v) is 11.5. The maximum absolute atomic E-state index is 10.8. The van der Waals surface area contributed by atoms with Gasteiger partial charge in [0.05, 0.1) is 16.8 Å². The van der Waals surface area contributed by atoms with Crippen LogP contribution in [0.5, 0.6) is 0 Å². The van der Waals surface area contributed by atoms with Crippen molar-refractivity contribution in [1.82, 2.24) is 29.7 Å². The number of nitrogens with zero attached hydrogens (tertiary/aromatic N) is 6. The van der Waals surface area contributed by atoms with Gasteiger partial charge in [-0.05, 0) is 48.5 Å². The van der Waals surface area contributed by atoms with Gasteiger partial charge in [-0.3, -0.25) is 9.55 Å². The molecule has 0 aliphatic rings. The number of aliphatic hydroxyl groups excluding tert-OH is 1. The lowest BCUT2D eigenvalue weighted by atomic mass is 10.2. The summed E-state index contributed by atoms with van der Waals surface area (Å²) in [4.78, 5) is 11.6. The minimum Gasteiger partial charge on any atom is -0.510 e. The number of pyridine rings is 1. The van der Waals surface area contributed by atoms with Gasteiger partial charge in [0.25, 0.3) is 0 Å². The van der Waals surface area contributed by atoms with Gasteiger partial charge in [0.2, 0.25) is 0 Å². The summed E-state index contributed by atoms with van der Waals surface area (Å²) in [5, 5.41) is 30.3. The largest absolute Gasteiger partial charge is 0.510 e. The van der Waals surface area contributed by atoms with Crippen molar-refractivity contribution in [2.45, 2.75) is 5.16 Å². The van der Waals surface area contributed by atoms with Crippen LogP contribution in [0.25, 0.3) is 33.7 Å². The summed E-state index contributed by atoms with van der Waals surface area (Å²) in [6.45, 7) is 0. The van der Waals surface area contributed by atoms with Crippen molar-refractivity contribution in [3.8, 4) is 23.1 Å². The number of aliphatic hydroxyl groups is 1. The number of fused-ring (bicyclic) bond motifs is 1. The van der Waals surface area contributed by atoms with Gasteiger partial charge in [-0.2, -0.15) is 5.26 Å². The molecule has 2 N–H and O–H groups in total. The Kier molecular flexibility index (Phi) is 5.99. The lowest BCUT2D eigenvalue weighted by molar-refractivity contribution is 0.420. The van der Waals surface area contributed by atoms with E-state index in [0.29, 0.717) is 21.8 Å². The topological polar surface area (TPSA) is 116 Å². The molecule has 2 aromatic carbocycles. The smallest absolute Gasteiger partial charge is 0.196 e. The van der Waals surface area contributed by atoms with Gasteiger partial charge >= 0.3 is 0 Å². The second kappa shape index (κ2) is 9.39. The molecule has 0 aliphatic heterocycles. The molecular formula is C24H16ClN7OS. The quantitative estimate of drug-likeness (QED) is 0.187. The molecule has 0 bridgehead atoms. The van der Waals surface area contributed by atoms with E-state index in [-0.39, 0.29) is 17.1 Å². The first-order chi connectivity index (χ1) is 16.6. The zero-order chi connectivity index (χ0) is 23.5. The Morgan fingerprint density at radius 1 is 1.06 bits per heavy atom. The number of nitriles is 1. The Balaban J connectivity index is 1.50. The van der Waals surface area contributed by atoms with Crippen LogP contribution in [-0.2, 0) is 0 Å². The van der Waals surface area contributed by atoms with Crippen molar-refractivity contribution in [2.75, 3.05) is 5.75 Å². The molecule has 0 radical (unpaired) electrons. The van der Waals surface area contributed by atoms with Gasteiger partial charge in [-0.15, -0.1) is 10.2 Å². The number of aromatic nitrogens is 6. The zero-order valence-electron chi connectivity index (χ0n) is 17.6. The fraction of sp³-hybridized carbons (Fsp3) is 0.0417. The van der Waals surface area contributed by atoms with Gasteiger partial charge in [-0.1, -0.05) is 35.5 Å². The number of H-pyrrole nitrogens is 1. The molecule has 0 atom stereocenters. The average Bonchev–Trinajstić information content (AvgIpc) is 3.48. The van der Waals surface area contributed by atoms with Crippen LogP contribution in [-0.4, -0.2) is 40.6 Å². The Morgan fingerprint density at radius 2 is 1.82 bits per heavy atom. The van der Waals surface area contributed by atoms with Crippen LogP contribution in [0.2, 0.25) is 5.02 Å². The molecule has 0 spiro atoms. The average molecular weight is 486 g/mol. The van der Waals surface area contributed by atoms with E-state index in [9.17, 15) is 10.4 Å². The highest BCUT2D eigenvalue weighted by Crippen LogP contribution is 2.30. The van der Waals surface area contributed by atoms with Crippen LogP contribution in [0, 0.1) is 11.3 Å². The Morgan fingerprint density at radius 3 is 2.56 bits per heavy atom. The summed E-state index contributed by atoms with van der Waals surface area (Å²) >= 11 is 7.33. The fourth-order valence-electron chi connectivity index (χ4n) is 3.40. The minimum absolute atomic E-state index is 0.0793. The molecule has 5 rings (SSSR count). The first kappa shape index (κ1) is 21.7. The van der Waals surface area contributed by atoms with E-state index in [4.69, 9.17) is 11.6 Å². The highest BCUT2D eigenvalue weighted by Gasteiger charge is 2.19. The molecule has 0 amide bonds. The number of para-hydroxylation sites is 2. The summed E-state index contributed by atoms with van der Waals surface area (Å²) < 4.78 is 1.87. The Hall–Kier alpha value is -4.13. The number of nitrogens with one attached hydrogen (secondary N) is 1. The van der Waals surface area contributed by atoms with E-state index >= 15 is 0 Å². The lowest BCUT2D eigenvalue weighted by Crippen LogP contribution is -2.01. The van der Waals surface area contributed by atoms with Crippen molar-refractivity contribution in [2.24, 2.45) is 0 Å². The zero-order valence-corrected chi connectivity index (χ0v) is 19.1. The number of thioether (sulfide) groups is 1. The molecular weight excluding hydrogens is 470 g/mol. The van der Waals surface area contributed by atoms with E-state index in [1.54, 1.807) is 24.5 Å². The van der Waals surface area contributed by atoms with Crippen LogP contribution in [0.4, 0.5) is 0 Å². The van der Waals surface area contributed by atoms with Gasteiger partial charge < -0.3 is 10.1 Å². The molecule has 0 saturated carbocycles. The van der Waals surface area contributed by atoms with Gasteiger partial charge in [0, 0.05) is 28.7 Å². The molecule has 0 aliphatic carbocycles. The predicted molar refractivity (Wildman–Crippen MR) is 132 cm³/mol. The molecule has 0 fully saturated rings. The minimum atomic E-state index is -0.109. The molecule has 3 heterocycles. The SMILES string of the molecule is N#C/C(=C(/O)CSc1nnc(-c2ccncc2)n1-c1ccc(Cl)cc1)c1nc2ccccc2[nH]1. The van der Waals surface area contributed by atoms with E-state index < -0.39 is 0 Å². The van der Waals surface area contributed by atoms with E-state index in [1.165, 1.54) is 11.8 Å². The van der Waals surface area contributed by atoms with E-state index in [1.807, 2.05) is 53.1 Å². The van der Waals surface area contributed by atoms with Crippen LogP contribution < -0.4 is 0 Å². The van der Waals surface area contributed by atoms with Crippen molar-refractivity contribution in [3.05, 3.63) is 89.7 Å². The number of benzene rings is 2. The Labute approximate surface area is 203 Å². The highest BCUT2D eigenvalue weighted by atomic mass is 35.5. The monoisotopic (exact) mass is 485 g/mol. The van der Waals surface area contributed by atoms with Crippen molar-refractivity contribution >= 4 is 40.0 Å².